The monoisotopic (exact) mass is 298 g/mol. The standard InChI is InChI=1S/C14H19FN2O2S/c15-13-9-12(20(18,19)10-11-1-2-11)3-4-14(13)17-7-5-16-6-8-17/h3-4,9,11,16H,1-2,5-8,10H2. The van der Waals surface area contributed by atoms with Gasteiger partial charge in [0.1, 0.15) is 5.82 Å². The van der Waals surface area contributed by atoms with E-state index in [1.165, 1.54) is 12.1 Å². The largest absolute Gasteiger partial charge is 0.367 e. The molecule has 1 aromatic rings. The molecule has 0 aromatic heterocycles. The molecule has 3 rings (SSSR count). The fraction of sp³-hybridized carbons (Fsp3) is 0.571. The number of rotatable bonds is 4. The molecule has 6 heteroatoms. The van der Waals surface area contributed by atoms with Crippen molar-refractivity contribution in [3.63, 3.8) is 0 Å². The van der Waals surface area contributed by atoms with Crippen molar-refractivity contribution in [2.45, 2.75) is 17.7 Å². The van der Waals surface area contributed by atoms with E-state index >= 15 is 0 Å². The van der Waals surface area contributed by atoms with Crippen LogP contribution in [0.25, 0.3) is 0 Å². The van der Waals surface area contributed by atoms with Gasteiger partial charge in [0.2, 0.25) is 0 Å². The van der Waals surface area contributed by atoms with Crippen molar-refractivity contribution < 1.29 is 12.8 Å². The third-order valence-corrected chi connectivity index (χ3v) is 5.77. The van der Waals surface area contributed by atoms with Gasteiger partial charge in [-0.05, 0) is 37.0 Å². The molecule has 1 aliphatic heterocycles. The molecule has 1 aliphatic carbocycles. The molecule has 2 fully saturated rings. The summed E-state index contributed by atoms with van der Waals surface area (Å²) in [6.07, 6.45) is 1.95. The summed E-state index contributed by atoms with van der Waals surface area (Å²) in [4.78, 5) is 2.06. The molecule has 2 aliphatic rings. The van der Waals surface area contributed by atoms with Crippen LogP contribution in [0, 0.1) is 11.7 Å². The van der Waals surface area contributed by atoms with Gasteiger partial charge < -0.3 is 10.2 Å². The first-order valence-corrected chi connectivity index (χ1v) is 8.69. The predicted octanol–water partition coefficient (Wildman–Crippen LogP) is 1.42. The van der Waals surface area contributed by atoms with Crippen LogP contribution < -0.4 is 10.2 Å². The van der Waals surface area contributed by atoms with Gasteiger partial charge in [-0.15, -0.1) is 0 Å². The molecule has 1 aromatic carbocycles. The van der Waals surface area contributed by atoms with Crippen LogP contribution in [0.3, 0.4) is 0 Å². The minimum Gasteiger partial charge on any atom is -0.367 e. The van der Waals surface area contributed by atoms with Gasteiger partial charge in [0.25, 0.3) is 0 Å². The van der Waals surface area contributed by atoms with E-state index in [1.807, 2.05) is 4.90 Å². The zero-order chi connectivity index (χ0) is 14.2. The minimum absolute atomic E-state index is 0.112. The van der Waals surface area contributed by atoms with Gasteiger partial charge in [-0.3, -0.25) is 0 Å². The second-order valence-electron chi connectivity index (χ2n) is 5.58. The first-order valence-electron chi connectivity index (χ1n) is 7.04. The lowest BCUT2D eigenvalue weighted by Crippen LogP contribution is -2.43. The first kappa shape index (κ1) is 13.8. The van der Waals surface area contributed by atoms with Gasteiger partial charge >= 0.3 is 0 Å². The number of benzene rings is 1. The van der Waals surface area contributed by atoms with Crippen molar-refractivity contribution in [3.8, 4) is 0 Å². The van der Waals surface area contributed by atoms with Crippen molar-refractivity contribution in [1.29, 1.82) is 0 Å². The van der Waals surface area contributed by atoms with Crippen molar-refractivity contribution in [2.24, 2.45) is 5.92 Å². The highest BCUT2D eigenvalue weighted by Gasteiger charge is 2.29. The smallest absolute Gasteiger partial charge is 0.178 e. The number of hydrogen-bond donors (Lipinski definition) is 1. The van der Waals surface area contributed by atoms with Crippen molar-refractivity contribution >= 4 is 15.5 Å². The van der Waals surface area contributed by atoms with Gasteiger partial charge in [-0.2, -0.15) is 0 Å². The van der Waals surface area contributed by atoms with E-state index in [2.05, 4.69) is 5.32 Å². The summed E-state index contributed by atoms with van der Waals surface area (Å²) in [6.45, 7) is 3.12. The Hall–Kier alpha value is -1.14. The average Bonchev–Trinajstić information content (AvgIpc) is 3.23. The molecular formula is C14H19FN2O2S. The van der Waals surface area contributed by atoms with Crippen molar-refractivity contribution in [3.05, 3.63) is 24.0 Å². The van der Waals surface area contributed by atoms with Gasteiger partial charge in [-0.25, -0.2) is 12.8 Å². The van der Waals surface area contributed by atoms with Gasteiger partial charge in [0.05, 0.1) is 16.3 Å². The Morgan fingerprint density at radius 1 is 1.25 bits per heavy atom. The van der Waals surface area contributed by atoms with E-state index in [1.54, 1.807) is 6.07 Å². The van der Waals surface area contributed by atoms with Gasteiger partial charge in [0.15, 0.2) is 9.84 Å². The molecule has 1 N–H and O–H groups in total. The van der Waals surface area contributed by atoms with E-state index in [-0.39, 0.29) is 16.6 Å². The molecule has 0 bridgehead atoms. The fourth-order valence-electron chi connectivity index (χ4n) is 2.53. The predicted molar refractivity (Wildman–Crippen MR) is 76.3 cm³/mol. The molecule has 0 radical (unpaired) electrons. The third kappa shape index (κ3) is 2.96. The number of halogens is 1. The van der Waals surface area contributed by atoms with Crippen LogP contribution in [0.5, 0.6) is 0 Å². The van der Waals surface area contributed by atoms with Gasteiger partial charge in [0, 0.05) is 26.2 Å². The van der Waals surface area contributed by atoms with Crippen LogP contribution in [-0.4, -0.2) is 40.3 Å². The maximum atomic E-state index is 14.2. The molecule has 20 heavy (non-hydrogen) atoms. The van der Waals surface area contributed by atoms with E-state index in [4.69, 9.17) is 0 Å². The van der Waals surface area contributed by atoms with Crippen LogP contribution in [0.1, 0.15) is 12.8 Å². The Bertz CT molecular complexity index is 593. The number of anilines is 1. The minimum atomic E-state index is -3.34. The lowest BCUT2D eigenvalue weighted by Gasteiger charge is -2.29. The summed E-state index contributed by atoms with van der Waals surface area (Å²) in [5, 5.41) is 3.21. The van der Waals surface area contributed by atoms with E-state index < -0.39 is 15.7 Å². The average molecular weight is 298 g/mol. The summed E-state index contributed by atoms with van der Waals surface area (Å²) in [7, 11) is -3.34. The lowest BCUT2D eigenvalue weighted by molar-refractivity contribution is 0.562. The zero-order valence-electron chi connectivity index (χ0n) is 11.3. The molecular weight excluding hydrogens is 279 g/mol. The Labute approximate surface area is 118 Å². The number of nitrogens with one attached hydrogen (secondary N) is 1. The Morgan fingerprint density at radius 3 is 2.55 bits per heavy atom. The number of hydrogen-bond acceptors (Lipinski definition) is 4. The topological polar surface area (TPSA) is 49.4 Å². The SMILES string of the molecule is O=S(=O)(CC1CC1)c1ccc(N2CCNCC2)c(F)c1. The summed E-state index contributed by atoms with van der Waals surface area (Å²) in [5.74, 6) is -0.0148. The van der Waals surface area contributed by atoms with Crippen LogP contribution in [-0.2, 0) is 9.84 Å². The quantitative estimate of drug-likeness (QED) is 0.913. The molecule has 4 nitrogen and oxygen atoms in total. The Balaban J connectivity index is 1.82. The molecule has 0 unspecified atom stereocenters. The molecule has 0 amide bonds. The van der Waals surface area contributed by atoms with Crippen molar-refractivity contribution in [1.82, 2.24) is 5.32 Å². The molecule has 1 heterocycles. The highest BCUT2D eigenvalue weighted by atomic mass is 32.2. The molecule has 1 saturated heterocycles. The fourth-order valence-corrected chi connectivity index (χ4v) is 4.24. The van der Waals surface area contributed by atoms with E-state index in [9.17, 15) is 12.8 Å². The molecule has 110 valence electrons. The number of nitrogens with zero attached hydrogens (tertiary/aromatic N) is 1. The zero-order valence-corrected chi connectivity index (χ0v) is 12.1. The summed E-state index contributed by atoms with van der Waals surface area (Å²) >= 11 is 0. The number of piperazine rings is 1. The third-order valence-electron chi connectivity index (χ3n) is 3.89. The Morgan fingerprint density at radius 2 is 1.95 bits per heavy atom. The summed E-state index contributed by atoms with van der Waals surface area (Å²) < 4.78 is 38.5. The van der Waals surface area contributed by atoms with Crippen molar-refractivity contribution in [2.75, 3.05) is 36.8 Å². The first-order chi connectivity index (χ1) is 9.56. The molecule has 1 saturated carbocycles. The van der Waals surface area contributed by atoms with Crippen LogP contribution >= 0.6 is 0 Å². The number of sulfone groups is 1. The second-order valence-corrected chi connectivity index (χ2v) is 7.61. The van der Waals surface area contributed by atoms with Crippen LogP contribution in [0.15, 0.2) is 23.1 Å². The molecule has 0 atom stereocenters. The second kappa shape index (κ2) is 5.33. The van der Waals surface area contributed by atoms with Gasteiger partial charge in [-0.1, -0.05) is 0 Å². The summed E-state index contributed by atoms with van der Waals surface area (Å²) in [6, 6.07) is 4.31. The highest BCUT2D eigenvalue weighted by molar-refractivity contribution is 7.91. The van der Waals surface area contributed by atoms with Crippen LogP contribution in [0.2, 0.25) is 0 Å². The lowest BCUT2D eigenvalue weighted by atomic mass is 10.2. The van der Waals surface area contributed by atoms with E-state index in [0.717, 1.165) is 39.0 Å². The maximum absolute atomic E-state index is 14.2. The normalized spacial score (nSPS) is 20.1. The Kier molecular flexibility index (Phi) is 3.69. The maximum Gasteiger partial charge on any atom is 0.178 e. The molecule has 0 spiro atoms. The van der Waals surface area contributed by atoms with Crippen LogP contribution in [0.4, 0.5) is 10.1 Å². The van der Waals surface area contributed by atoms with E-state index in [0.29, 0.717) is 5.69 Å². The summed E-state index contributed by atoms with van der Waals surface area (Å²) in [5.41, 5.74) is 0.497. The highest BCUT2D eigenvalue weighted by Crippen LogP contribution is 2.33.